The Morgan fingerprint density at radius 3 is 2.65 bits per heavy atom. The van der Waals surface area contributed by atoms with Gasteiger partial charge in [-0.25, -0.2) is 4.79 Å². The Morgan fingerprint density at radius 2 is 1.92 bits per heavy atom. The number of fused-ring (bicyclic) bond motifs is 3. The Kier molecular flexibility index (Phi) is 4.14. The zero-order valence-electron chi connectivity index (χ0n) is 13.9. The van der Waals surface area contributed by atoms with Gasteiger partial charge in [0.2, 0.25) is 0 Å². The van der Waals surface area contributed by atoms with Gasteiger partial charge in [-0.2, -0.15) is 5.06 Å². The van der Waals surface area contributed by atoms with Gasteiger partial charge in [-0.05, 0) is 30.3 Å². The number of halogens is 1. The number of benzene rings is 2. The minimum atomic E-state index is -0.591. The molecule has 2 aromatic carbocycles. The molecule has 1 atom stereocenters. The number of esters is 1. The number of rotatable bonds is 4. The number of carbonyl (C=O) groups excluding carboxylic acids is 2. The highest BCUT2D eigenvalue weighted by molar-refractivity contribution is 6.35. The summed E-state index contributed by atoms with van der Waals surface area (Å²) in [6.45, 7) is 0. The van der Waals surface area contributed by atoms with Crippen molar-refractivity contribution in [3.05, 3.63) is 65.3 Å². The number of nitrogens with zero attached hydrogens (tertiary/aromatic N) is 2. The highest BCUT2D eigenvalue weighted by Gasteiger charge is 2.40. The van der Waals surface area contributed by atoms with E-state index in [-0.39, 0.29) is 12.5 Å². The Bertz CT molecular complexity index is 999. The summed E-state index contributed by atoms with van der Waals surface area (Å²) in [5.74, 6) is -0.00442. The maximum atomic E-state index is 12.7. The van der Waals surface area contributed by atoms with Crippen LogP contribution in [0.15, 0.2) is 54.6 Å². The molecule has 0 aliphatic carbocycles. The van der Waals surface area contributed by atoms with Crippen LogP contribution in [-0.4, -0.2) is 28.7 Å². The first-order valence-electron chi connectivity index (χ1n) is 8.03. The van der Waals surface area contributed by atoms with Gasteiger partial charge in [0.25, 0.3) is 0 Å². The van der Waals surface area contributed by atoms with Gasteiger partial charge in [-0.1, -0.05) is 35.9 Å². The molecule has 0 spiro atoms. The van der Waals surface area contributed by atoms with Crippen LogP contribution in [0.5, 0.6) is 5.75 Å². The predicted molar refractivity (Wildman–Crippen MR) is 96.0 cm³/mol. The number of amides is 1. The molecule has 1 aliphatic rings. The molecule has 1 aliphatic heterocycles. The van der Waals surface area contributed by atoms with E-state index in [4.69, 9.17) is 21.2 Å². The van der Waals surface area contributed by atoms with E-state index in [0.717, 1.165) is 5.39 Å². The second-order valence-electron chi connectivity index (χ2n) is 5.88. The van der Waals surface area contributed by atoms with Crippen molar-refractivity contribution in [2.45, 2.75) is 12.5 Å². The average molecular weight is 371 g/mol. The van der Waals surface area contributed by atoms with E-state index in [2.05, 4.69) is 0 Å². The third-order valence-electron chi connectivity index (χ3n) is 4.36. The Balaban J connectivity index is 1.68. The van der Waals surface area contributed by atoms with E-state index in [0.29, 0.717) is 22.0 Å². The van der Waals surface area contributed by atoms with E-state index in [1.807, 2.05) is 12.1 Å². The standard InChI is InChI=1S/C19H15ClN2O4/c1-25-22-17(11-18(23)26-12-6-3-2-4-7-12)16-10-13-14(20)8-5-9-15(13)21(16)19(22)24/h2-10,17H,11H2,1H3. The molecule has 4 rings (SSSR count). The highest BCUT2D eigenvalue weighted by atomic mass is 35.5. The quantitative estimate of drug-likeness (QED) is 0.510. The van der Waals surface area contributed by atoms with Crippen LogP contribution in [0.1, 0.15) is 18.2 Å². The zero-order valence-corrected chi connectivity index (χ0v) is 14.6. The molecule has 6 nitrogen and oxygen atoms in total. The number of hydrogen-bond donors (Lipinski definition) is 0. The number of aromatic nitrogens is 1. The van der Waals surface area contributed by atoms with Crippen molar-refractivity contribution < 1.29 is 19.2 Å². The van der Waals surface area contributed by atoms with E-state index in [1.165, 1.54) is 16.7 Å². The molecule has 2 heterocycles. The lowest BCUT2D eigenvalue weighted by atomic mass is 10.1. The fourth-order valence-electron chi connectivity index (χ4n) is 3.24. The molecule has 1 amide bonds. The summed E-state index contributed by atoms with van der Waals surface area (Å²) in [4.78, 5) is 30.3. The van der Waals surface area contributed by atoms with Crippen LogP contribution in [-0.2, 0) is 9.63 Å². The normalized spacial score (nSPS) is 16.2. The molecule has 0 saturated carbocycles. The van der Waals surface area contributed by atoms with Crippen molar-refractivity contribution in [3.63, 3.8) is 0 Å². The lowest BCUT2D eigenvalue weighted by Crippen LogP contribution is -2.30. The van der Waals surface area contributed by atoms with Crippen LogP contribution in [0.25, 0.3) is 10.9 Å². The molecule has 0 saturated heterocycles. The van der Waals surface area contributed by atoms with Crippen LogP contribution in [0.4, 0.5) is 4.79 Å². The lowest BCUT2D eigenvalue weighted by Gasteiger charge is -2.20. The summed E-state index contributed by atoms with van der Waals surface area (Å²) in [7, 11) is 1.40. The monoisotopic (exact) mass is 370 g/mol. The number of carbonyl (C=O) groups is 2. The maximum absolute atomic E-state index is 12.7. The second-order valence-corrected chi connectivity index (χ2v) is 6.28. The Morgan fingerprint density at radius 1 is 1.15 bits per heavy atom. The molecule has 0 N–H and O–H groups in total. The predicted octanol–water partition coefficient (Wildman–Crippen LogP) is 4.18. The van der Waals surface area contributed by atoms with Crippen LogP contribution < -0.4 is 4.74 Å². The zero-order chi connectivity index (χ0) is 18.3. The first kappa shape index (κ1) is 16.6. The number of para-hydroxylation sites is 1. The summed E-state index contributed by atoms with van der Waals surface area (Å²) < 4.78 is 6.87. The summed E-state index contributed by atoms with van der Waals surface area (Å²) in [6, 6.07) is 15.0. The summed E-state index contributed by atoms with van der Waals surface area (Å²) in [6.07, 6.45) is -0.0393. The molecule has 26 heavy (non-hydrogen) atoms. The molecule has 132 valence electrons. The van der Waals surface area contributed by atoms with Gasteiger partial charge in [0.15, 0.2) is 0 Å². The van der Waals surface area contributed by atoms with E-state index >= 15 is 0 Å². The summed E-state index contributed by atoms with van der Waals surface area (Å²) in [5, 5.41) is 2.49. The van der Waals surface area contributed by atoms with Crippen molar-refractivity contribution in [3.8, 4) is 5.75 Å². The van der Waals surface area contributed by atoms with Crippen molar-refractivity contribution in [1.82, 2.24) is 9.63 Å². The molecule has 0 radical (unpaired) electrons. The molecule has 0 fully saturated rings. The second kappa shape index (κ2) is 6.48. The fourth-order valence-corrected chi connectivity index (χ4v) is 3.46. The third kappa shape index (κ3) is 2.64. The lowest BCUT2D eigenvalue weighted by molar-refractivity contribution is -0.143. The number of ether oxygens (including phenoxy) is 1. The van der Waals surface area contributed by atoms with Gasteiger partial charge in [-0.3, -0.25) is 14.2 Å². The highest BCUT2D eigenvalue weighted by Crippen LogP contribution is 2.39. The van der Waals surface area contributed by atoms with Crippen molar-refractivity contribution in [1.29, 1.82) is 0 Å². The van der Waals surface area contributed by atoms with Crippen molar-refractivity contribution in [2.75, 3.05) is 7.11 Å². The molecular weight excluding hydrogens is 356 g/mol. The van der Waals surface area contributed by atoms with Crippen molar-refractivity contribution >= 4 is 34.5 Å². The third-order valence-corrected chi connectivity index (χ3v) is 4.69. The first-order valence-corrected chi connectivity index (χ1v) is 8.41. The minimum absolute atomic E-state index is 0.0393. The SMILES string of the molecule is CON1C(=O)n2c(cc3c(Cl)cccc32)C1CC(=O)Oc1ccccc1. The largest absolute Gasteiger partial charge is 0.426 e. The van der Waals surface area contributed by atoms with E-state index < -0.39 is 12.0 Å². The molecule has 1 aromatic heterocycles. The minimum Gasteiger partial charge on any atom is -0.426 e. The van der Waals surface area contributed by atoms with Gasteiger partial charge in [0, 0.05) is 10.4 Å². The Labute approximate surface area is 154 Å². The molecule has 7 heteroatoms. The van der Waals surface area contributed by atoms with Crippen LogP contribution in [0, 0.1) is 0 Å². The van der Waals surface area contributed by atoms with Gasteiger partial charge in [0.1, 0.15) is 11.8 Å². The molecule has 0 bridgehead atoms. The van der Waals surface area contributed by atoms with Gasteiger partial charge in [-0.15, -0.1) is 0 Å². The Hall–Kier alpha value is -2.83. The summed E-state index contributed by atoms with van der Waals surface area (Å²) >= 11 is 6.24. The van der Waals surface area contributed by atoms with Crippen LogP contribution in [0.2, 0.25) is 5.02 Å². The van der Waals surface area contributed by atoms with E-state index in [1.54, 1.807) is 42.5 Å². The average Bonchev–Trinajstić information content (AvgIpc) is 3.13. The summed E-state index contributed by atoms with van der Waals surface area (Å²) in [5.41, 5.74) is 1.32. The molecular formula is C19H15ClN2O4. The van der Waals surface area contributed by atoms with Crippen LogP contribution in [0.3, 0.4) is 0 Å². The topological polar surface area (TPSA) is 60.8 Å². The molecule has 3 aromatic rings. The van der Waals surface area contributed by atoms with Crippen LogP contribution >= 0.6 is 11.6 Å². The van der Waals surface area contributed by atoms with Gasteiger partial charge in [0.05, 0.1) is 24.7 Å². The number of hydrogen-bond acceptors (Lipinski definition) is 4. The van der Waals surface area contributed by atoms with Crippen molar-refractivity contribution in [2.24, 2.45) is 0 Å². The number of hydroxylamine groups is 2. The van der Waals surface area contributed by atoms with Gasteiger partial charge < -0.3 is 4.74 Å². The smallest absolute Gasteiger partial charge is 0.353 e. The fraction of sp³-hybridized carbons (Fsp3) is 0.158. The first-order chi connectivity index (χ1) is 12.6. The molecule has 1 unspecified atom stereocenters. The van der Waals surface area contributed by atoms with Gasteiger partial charge >= 0.3 is 12.0 Å². The maximum Gasteiger partial charge on any atom is 0.353 e. The van der Waals surface area contributed by atoms with E-state index in [9.17, 15) is 9.59 Å².